The number of ether oxygens (including phenoxy) is 1. The second-order valence-electron chi connectivity index (χ2n) is 5.85. The highest BCUT2D eigenvalue weighted by Gasteiger charge is 2.35. The van der Waals surface area contributed by atoms with Gasteiger partial charge in [-0.2, -0.15) is 0 Å². The summed E-state index contributed by atoms with van der Waals surface area (Å²) in [6, 6.07) is 0.00227. The lowest BCUT2D eigenvalue weighted by Crippen LogP contribution is -2.50. The van der Waals surface area contributed by atoms with Crippen molar-refractivity contribution in [3.63, 3.8) is 0 Å². The van der Waals surface area contributed by atoms with E-state index in [1.165, 1.54) is 6.39 Å². The third-order valence-corrected chi connectivity index (χ3v) is 4.41. The van der Waals surface area contributed by atoms with Crippen LogP contribution < -0.4 is 5.32 Å². The largest absolute Gasteiger partial charge is 0.448 e. The number of imidazole rings is 1. The van der Waals surface area contributed by atoms with Crippen molar-refractivity contribution >= 4 is 5.91 Å². The van der Waals surface area contributed by atoms with Gasteiger partial charge in [0.25, 0.3) is 5.91 Å². The van der Waals surface area contributed by atoms with E-state index in [1.54, 1.807) is 13.1 Å². The maximum Gasteiger partial charge on any atom is 0.273 e. The minimum atomic E-state index is -0.253. The lowest BCUT2D eigenvalue weighted by atomic mass is 10.1. The zero-order valence-corrected chi connectivity index (χ0v) is 14.2. The highest BCUT2D eigenvalue weighted by Crippen LogP contribution is 2.27. The van der Waals surface area contributed by atoms with Crippen molar-refractivity contribution in [1.29, 1.82) is 0 Å². The summed E-state index contributed by atoms with van der Waals surface area (Å²) in [5, 5.41) is 2.90. The molecule has 0 unspecified atom stereocenters. The molecular formula is C16H23N5O3. The summed E-state index contributed by atoms with van der Waals surface area (Å²) in [5.41, 5.74) is 0.312. The molecule has 0 bridgehead atoms. The van der Waals surface area contributed by atoms with Gasteiger partial charge in [0.05, 0.1) is 18.8 Å². The lowest BCUT2D eigenvalue weighted by Gasteiger charge is -2.40. The lowest BCUT2D eigenvalue weighted by molar-refractivity contribution is -0.0720. The Morgan fingerprint density at radius 1 is 1.46 bits per heavy atom. The number of aryl methyl sites for hydroxylation is 2. The average molecular weight is 333 g/mol. The molecule has 1 N–H and O–H groups in total. The van der Waals surface area contributed by atoms with Crippen molar-refractivity contribution < 1.29 is 13.9 Å². The van der Waals surface area contributed by atoms with Crippen LogP contribution >= 0.6 is 0 Å². The molecule has 0 radical (unpaired) electrons. The van der Waals surface area contributed by atoms with E-state index in [1.807, 2.05) is 17.8 Å². The van der Waals surface area contributed by atoms with Crippen molar-refractivity contribution in [2.75, 3.05) is 26.2 Å². The summed E-state index contributed by atoms with van der Waals surface area (Å²) in [6.45, 7) is 6.61. The molecule has 1 aliphatic rings. The Morgan fingerprint density at radius 3 is 2.92 bits per heavy atom. The van der Waals surface area contributed by atoms with Gasteiger partial charge < -0.3 is 19.0 Å². The van der Waals surface area contributed by atoms with E-state index in [2.05, 4.69) is 27.1 Å². The molecule has 0 aliphatic carbocycles. The SMILES string of the molecule is CCN1CCO[C@@H](CNC(=O)c2ncoc2C)[C@@H]1c1nccn1C. The maximum atomic E-state index is 12.3. The van der Waals surface area contributed by atoms with Crippen LogP contribution in [0.2, 0.25) is 0 Å². The Labute approximate surface area is 140 Å². The minimum Gasteiger partial charge on any atom is -0.448 e. The smallest absolute Gasteiger partial charge is 0.273 e. The van der Waals surface area contributed by atoms with Gasteiger partial charge in [0.15, 0.2) is 12.1 Å². The fraction of sp³-hybridized carbons (Fsp3) is 0.562. The van der Waals surface area contributed by atoms with Crippen LogP contribution in [0.4, 0.5) is 0 Å². The molecule has 0 spiro atoms. The second-order valence-corrected chi connectivity index (χ2v) is 5.85. The van der Waals surface area contributed by atoms with E-state index in [0.717, 1.165) is 18.9 Å². The molecule has 1 fully saturated rings. The summed E-state index contributed by atoms with van der Waals surface area (Å²) in [6.07, 6.45) is 4.81. The third kappa shape index (κ3) is 3.20. The van der Waals surface area contributed by atoms with Crippen LogP contribution in [0.5, 0.6) is 0 Å². The first kappa shape index (κ1) is 16.7. The first-order chi connectivity index (χ1) is 11.6. The van der Waals surface area contributed by atoms with Crippen molar-refractivity contribution in [3.8, 4) is 0 Å². The van der Waals surface area contributed by atoms with Gasteiger partial charge in [0.2, 0.25) is 0 Å². The molecular weight excluding hydrogens is 310 g/mol. The Morgan fingerprint density at radius 2 is 2.29 bits per heavy atom. The topological polar surface area (TPSA) is 85.4 Å². The third-order valence-electron chi connectivity index (χ3n) is 4.41. The molecule has 1 saturated heterocycles. The highest BCUT2D eigenvalue weighted by atomic mass is 16.5. The number of oxazole rings is 1. The molecule has 3 heterocycles. The Hall–Kier alpha value is -2.19. The van der Waals surface area contributed by atoms with Gasteiger partial charge in [-0.15, -0.1) is 0 Å². The zero-order valence-electron chi connectivity index (χ0n) is 14.2. The molecule has 1 aliphatic heterocycles. The number of hydrogen-bond acceptors (Lipinski definition) is 6. The van der Waals surface area contributed by atoms with Gasteiger partial charge in [0.1, 0.15) is 11.6 Å². The number of carbonyl (C=O) groups excluding carboxylic acids is 1. The van der Waals surface area contributed by atoms with Gasteiger partial charge in [-0.3, -0.25) is 9.69 Å². The zero-order chi connectivity index (χ0) is 17.1. The summed E-state index contributed by atoms with van der Waals surface area (Å²) >= 11 is 0. The average Bonchev–Trinajstić information content (AvgIpc) is 3.20. The van der Waals surface area contributed by atoms with Crippen molar-refractivity contribution in [3.05, 3.63) is 36.1 Å². The van der Waals surface area contributed by atoms with Crippen LogP contribution in [0.3, 0.4) is 0 Å². The molecule has 2 aromatic heterocycles. The van der Waals surface area contributed by atoms with Gasteiger partial charge in [-0.1, -0.05) is 6.92 Å². The predicted octanol–water partition coefficient (Wildman–Crippen LogP) is 0.908. The molecule has 0 saturated carbocycles. The molecule has 3 rings (SSSR count). The Bertz CT molecular complexity index is 695. The summed E-state index contributed by atoms with van der Waals surface area (Å²) < 4.78 is 13.0. The van der Waals surface area contributed by atoms with Crippen LogP contribution in [0.1, 0.15) is 35.0 Å². The number of likely N-dealkylation sites (N-methyl/N-ethyl adjacent to an activating group) is 1. The summed E-state index contributed by atoms with van der Waals surface area (Å²) in [7, 11) is 1.97. The first-order valence-electron chi connectivity index (χ1n) is 8.13. The molecule has 24 heavy (non-hydrogen) atoms. The first-order valence-corrected chi connectivity index (χ1v) is 8.13. The second kappa shape index (κ2) is 7.14. The number of amides is 1. The molecule has 130 valence electrons. The predicted molar refractivity (Wildman–Crippen MR) is 86.5 cm³/mol. The van der Waals surface area contributed by atoms with Crippen LogP contribution in [0, 0.1) is 6.92 Å². The monoisotopic (exact) mass is 333 g/mol. The van der Waals surface area contributed by atoms with Gasteiger partial charge in [-0.05, 0) is 13.5 Å². The molecule has 2 atom stereocenters. The fourth-order valence-electron chi connectivity index (χ4n) is 3.10. The highest BCUT2D eigenvalue weighted by molar-refractivity contribution is 5.93. The van der Waals surface area contributed by atoms with Gasteiger partial charge in [-0.25, -0.2) is 9.97 Å². The Balaban J connectivity index is 1.73. The maximum absolute atomic E-state index is 12.3. The van der Waals surface area contributed by atoms with Crippen LogP contribution in [0.15, 0.2) is 23.2 Å². The van der Waals surface area contributed by atoms with Crippen LogP contribution in [-0.2, 0) is 11.8 Å². The van der Waals surface area contributed by atoms with E-state index in [0.29, 0.717) is 24.6 Å². The van der Waals surface area contributed by atoms with Crippen molar-refractivity contribution in [1.82, 2.24) is 24.8 Å². The molecule has 0 aromatic carbocycles. The minimum absolute atomic E-state index is 0.00227. The van der Waals surface area contributed by atoms with E-state index in [9.17, 15) is 4.79 Å². The molecule has 8 heteroatoms. The number of nitrogens with zero attached hydrogens (tertiary/aromatic N) is 4. The number of nitrogens with one attached hydrogen (secondary N) is 1. The van der Waals surface area contributed by atoms with Crippen molar-refractivity contribution in [2.24, 2.45) is 7.05 Å². The fourth-order valence-corrected chi connectivity index (χ4v) is 3.10. The van der Waals surface area contributed by atoms with E-state index in [4.69, 9.17) is 9.15 Å². The van der Waals surface area contributed by atoms with Gasteiger partial charge in [0, 0.05) is 32.5 Å². The number of carbonyl (C=O) groups is 1. The quantitative estimate of drug-likeness (QED) is 0.875. The number of morpholine rings is 1. The summed E-state index contributed by atoms with van der Waals surface area (Å²) in [5.74, 6) is 1.19. The number of hydrogen-bond donors (Lipinski definition) is 1. The van der Waals surface area contributed by atoms with Crippen LogP contribution in [-0.4, -0.2) is 57.7 Å². The number of aromatic nitrogens is 3. The number of rotatable bonds is 5. The molecule has 8 nitrogen and oxygen atoms in total. The molecule has 1 amide bonds. The van der Waals surface area contributed by atoms with E-state index >= 15 is 0 Å². The normalized spacial score (nSPS) is 21.8. The Kier molecular flexibility index (Phi) is 4.96. The van der Waals surface area contributed by atoms with E-state index < -0.39 is 0 Å². The molecule has 2 aromatic rings. The summed E-state index contributed by atoms with van der Waals surface area (Å²) in [4.78, 5) is 23.0. The van der Waals surface area contributed by atoms with E-state index in [-0.39, 0.29) is 18.1 Å². The van der Waals surface area contributed by atoms with Crippen LogP contribution in [0.25, 0.3) is 0 Å². The van der Waals surface area contributed by atoms with Crippen molar-refractivity contribution in [2.45, 2.75) is 26.0 Å². The standard InChI is InChI=1S/C16H23N5O3/c1-4-21-7-8-23-12(14(21)15-17-5-6-20(15)3)9-18-16(22)13-11(2)24-10-19-13/h5-6,10,12,14H,4,7-9H2,1-3H3,(H,18,22)/t12-,14+/m0/s1. The van der Waals surface area contributed by atoms with Gasteiger partial charge >= 0.3 is 0 Å².